The normalized spacial score (nSPS) is 14.4. The minimum Gasteiger partial charge on any atom is -0.396 e. The molecule has 0 aromatic carbocycles. The van der Waals surface area contributed by atoms with Crippen molar-refractivity contribution in [1.29, 1.82) is 0 Å². The lowest BCUT2D eigenvalue weighted by atomic mass is 10.0. The van der Waals surface area contributed by atoms with E-state index in [0.29, 0.717) is 5.76 Å². The summed E-state index contributed by atoms with van der Waals surface area (Å²) in [6.07, 6.45) is 0.268. The Morgan fingerprint density at radius 2 is 2.12 bits per heavy atom. The Hall–Kier alpha value is -1.36. The Kier molecular flexibility index (Phi) is 4.69. The predicted octanol–water partition coefficient (Wildman–Crippen LogP) is 0.967. The zero-order valence-corrected chi connectivity index (χ0v) is 10.8. The van der Waals surface area contributed by atoms with E-state index in [1.54, 1.807) is 6.92 Å². The van der Waals surface area contributed by atoms with Gasteiger partial charge in [0, 0.05) is 18.2 Å². The summed E-state index contributed by atoms with van der Waals surface area (Å²) in [6.45, 7) is 7.45. The van der Waals surface area contributed by atoms with E-state index >= 15 is 0 Å². The highest BCUT2D eigenvalue weighted by Crippen LogP contribution is 2.13. The number of nitrogens with one attached hydrogen (secondary N) is 1. The maximum atomic E-state index is 11.8. The van der Waals surface area contributed by atoms with Crippen LogP contribution in [-0.4, -0.2) is 28.8 Å². The molecule has 0 spiro atoms. The van der Waals surface area contributed by atoms with Crippen LogP contribution in [0.2, 0.25) is 0 Å². The molecule has 1 aromatic heterocycles. The number of hydrogen-bond acceptors (Lipinski definition) is 4. The summed E-state index contributed by atoms with van der Waals surface area (Å²) in [5.41, 5.74) is 1.59. The van der Waals surface area contributed by atoms with Gasteiger partial charge in [0.25, 0.3) is 0 Å². The molecule has 17 heavy (non-hydrogen) atoms. The lowest BCUT2D eigenvalue weighted by Crippen LogP contribution is -2.39. The van der Waals surface area contributed by atoms with Crippen molar-refractivity contribution in [3.8, 4) is 0 Å². The zero-order chi connectivity index (χ0) is 13.0. The van der Waals surface area contributed by atoms with Crippen LogP contribution in [0.4, 0.5) is 0 Å². The van der Waals surface area contributed by atoms with Crippen molar-refractivity contribution < 1.29 is 14.4 Å². The Labute approximate surface area is 101 Å². The van der Waals surface area contributed by atoms with Crippen LogP contribution in [0.15, 0.2) is 4.52 Å². The van der Waals surface area contributed by atoms with Gasteiger partial charge in [0.05, 0.1) is 12.1 Å². The first kappa shape index (κ1) is 13.7. The average Bonchev–Trinajstić information content (AvgIpc) is 2.59. The van der Waals surface area contributed by atoms with Gasteiger partial charge in [-0.3, -0.25) is 4.79 Å². The monoisotopic (exact) mass is 240 g/mol. The Balaban J connectivity index is 2.56. The summed E-state index contributed by atoms with van der Waals surface area (Å²) in [5.74, 6) is 0.649. The van der Waals surface area contributed by atoms with Gasteiger partial charge in [-0.2, -0.15) is 0 Å². The predicted molar refractivity (Wildman–Crippen MR) is 63.5 cm³/mol. The molecule has 0 aliphatic carbocycles. The number of aliphatic hydroxyl groups is 1. The number of amides is 1. The summed E-state index contributed by atoms with van der Waals surface area (Å²) in [7, 11) is 0. The van der Waals surface area contributed by atoms with Crippen molar-refractivity contribution in [2.75, 3.05) is 6.61 Å². The van der Waals surface area contributed by atoms with Gasteiger partial charge in [-0.1, -0.05) is 12.1 Å². The molecule has 5 nitrogen and oxygen atoms in total. The van der Waals surface area contributed by atoms with Gasteiger partial charge in [-0.15, -0.1) is 0 Å². The van der Waals surface area contributed by atoms with Gasteiger partial charge in [-0.05, 0) is 26.7 Å². The number of carbonyl (C=O) groups is 1. The molecule has 5 heteroatoms. The molecule has 0 aliphatic heterocycles. The second-order valence-electron chi connectivity index (χ2n) is 4.50. The van der Waals surface area contributed by atoms with Crippen molar-refractivity contribution in [2.24, 2.45) is 5.92 Å². The quantitative estimate of drug-likeness (QED) is 0.804. The van der Waals surface area contributed by atoms with Crippen LogP contribution in [0.25, 0.3) is 0 Å². The molecule has 1 rings (SSSR count). The van der Waals surface area contributed by atoms with Gasteiger partial charge in [0.2, 0.25) is 5.91 Å². The molecule has 0 bridgehead atoms. The second kappa shape index (κ2) is 5.82. The van der Waals surface area contributed by atoms with E-state index in [2.05, 4.69) is 10.5 Å². The third-order valence-electron chi connectivity index (χ3n) is 3.05. The molecule has 0 saturated heterocycles. The van der Waals surface area contributed by atoms with E-state index in [1.807, 2.05) is 20.8 Å². The summed E-state index contributed by atoms with van der Waals surface area (Å²) >= 11 is 0. The van der Waals surface area contributed by atoms with Crippen LogP contribution in [-0.2, 0) is 11.2 Å². The fourth-order valence-corrected chi connectivity index (χ4v) is 1.52. The number of carbonyl (C=O) groups excluding carboxylic acids is 1. The molecular formula is C12H20N2O3. The van der Waals surface area contributed by atoms with E-state index in [-0.39, 0.29) is 30.9 Å². The molecule has 2 unspecified atom stereocenters. The maximum Gasteiger partial charge on any atom is 0.224 e. The first-order chi connectivity index (χ1) is 7.95. The fraction of sp³-hybridized carbons (Fsp3) is 0.667. The number of nitrogens with zero attached hydrogens (tertiary/aromatic N) is 1. The molecule has 1 amide bonds. The highest BCUT2D eigenvalue weighted by Gasteiger charge is 2.17. The van der Waals surface area contributed by atoms with E-state index in [0.717, 1.165) is 11.3 Å². The van der Waals surface area contributed by atoms with Crippen molar-refractivity contribution in [3.05, 3.63) is 17.0 Å². The van der Waals surface area contributed by atoms with Crippen LogP contribution >= 0.6 is 0 Å². The molecule has 1 aromatic rings. The Morgan fingerprint density at radius 3 is 2.59 bits per heavy atom. The largest absolute Gasteiger partial charge is 0.396 e. The van der Waals surface area contributed by atoms with E-state index in [4.69, 9.17) is 9.63 Å². The minimum absolute atomic E-state index is 0.0450. The number of hydrogen-bond donors (Lipinski definition) is 2. The molecule has 0 fully saturated rings. The third-order valence-corrected chi connectivity index (χ3v) is 3.05. The van der Waals surface area contributed by atoms with E-state index < -0.39 is 0 Å². The lowest BCUT2D eigenvalue weighted by Gasteiger charge is -2.19. The molecule has 2 atom stereocenters. The summed E-state index contributed by atoms with van der Waals surface area (Å²) in [4.78, 5) is 11.8. The van der Waals surface area contributed by atoms with Gasteiger partial charge in [0.15, 0.2) is 0 Å². The Bertz CT molecular complexity index is 368. The molecular weight excluding hydrogens is 220 g/mol. The van der Waals surface area contributed by atoms with Gasteiger partial charge >= 0.3 is 0 Å². The van der Waals surface area contributed by atoms with Crippen molar-refractivity contribution in [2.45, 2.75) is 40.2 Å². The van der Waals surface area contributed by atoms with Crippen LogP contribution in [0.1, 0.15) is 30.9 Å². The van der Waals surface area contributed by atoms with Crippen molar-refractivity contribution in [1.82, 2.24) is 10.5 Å². The minimum atomic E-state index is -0.0767. The van der Waals surface area contributed by atoms with Crippen LogP contribution in [0, 0.1) is 19.8 Å². The SMILES string of the molecule is Cc1noc(C)c1CC(=O)NC(C)C(C)CO. The van der Waals surface area contributed by atoms with Crippen LogP contribution in [0.5, 0.6) is 0 Å². The second-order valence-corrected chi connectivity index (χ2v) is 4.50. The maximum absolute atomic E-state index is 11.8. The van der Waals surface area contributed by atoms with Gasteiger partial charge < -0.3 is 14.9 Å². The number of aryl methyl sites for hydroxylation is 2. The van der Waals surface area contributed by atoms with E-state index in [9.17, 15) is 4.79 Å². The number of rotatable bonds is 5. The standard InChI is InChI=1S/C12H20N2O3/c1-7(6-15)8(2)13-12(16)5-11-9(3)14-17-10(11)4/h7-8,15H,5-6H2,1-4H3,(H,13,16). The molecule has 0 aliphatic rings. The van der Waals surface area contributed by atoms with Gasteiger partial charge in [-0.25, -0.2) is 0 Å². The highest BCUT2D eigenvalue weighted by molar-refractivity contribution is 5.79. The average molecular weight is 240 g/mol. The number of aliphatic hydroxyl groups excluding tert-OH is 1. The van der Waals surface area contributed by atoms with Crippen molar-refractivity contribution in [3.63, 3.8) is 0 Å². The Morgan fingerprint density at radius 1 is 1.47 bits per heavy atom. The molecule has 96 valence electrons. The van der Waals surface area contributed by atoms with E-state index in [1.165, 1.54) is 0 Å². The third kappa shape index (κ3) is 3.56. The van der Waals surface area contributed by atoms with Crippen molar-refractivity contribution >= 4 is 5.91 Å². The van der Waals surface area contributed by atoms with Crippen LogP contribution in [0.3, 0.4) is 0 Å². The fourth-order valence-electron chi connectivity index (χ4n) is 1.52. The zero-order valence-electron chi connectivity index (χ0n) is 10.8. The first-order valence-corrected chi connectivity index (χ1v) is 5.77. The molecule has 2 N–H and O–H groups in total. The first-order valence-electron chi connectivity index (χ1n) is 5.77. The molecule has 0 radical (unpaired) electrons. The highest BCUT2D eigenvalue weighted by atomic mass is 16.5. The molecule has 1 heterocycles. The number of aromatic nitrogens is 1. The van der Waals surface area contributed by atoms with Gasteiger partial charge in [0.1, 0.15) is 5.76 Å². The van der Waals surface area contributed by atoms with Crippen LogP contribution < -0.4 is 5.32 Å². The summed E-state index contributed by atoms with van der Waals surface area (Å²) in [5, 5.41) is 15.6. The summed E-state index contributed by atoms with van der Waals surface area (Å²) in [6, 6.07) is -0.0482. The summed E-state index contributed by atoms with van der Waals surface area (Å²) < 4.78 is 5.00. The topological polar surface area (TPSA) is 75.4 Å². The molecule has 0 saturated carbocycles. The lowest BCUT2D eigenvalue weighted by molar-refractivity contribution is -0.121. The smallest absolute Gasteiger partial charge is 0.224 e.